The van der Waals surface area contributed by atoms with E-state index in [1.807, 2.05) is 24.6 Å². The van der Waals surface area contributed by atoms with Crippen LogP contribution in [0.1, 0.15) is 17.7 Å². The van der Waals surface area contributed by atoms with Crippen molar-refractivity contribution in [1.29, 1.82) is 0 Å². The van der Waals surface area contributed by atoms with Gasteiger partial charge in [-0.15, -0.1) is 11.3 Å². The molecule has 1 aliphatic heterocycles. The summed E-state index contributed by atoms with van der Waals surface area (Å²) < 4.78 is 0. The van der Waals surface area contributed by atoms with E-state index >= 15 is 0 Å². The van der Waals surface area contributed by atoms with Crippen molar-refractivity contribution in [2.75, 3.05) is 6.54 Å². The number of aromatic nitrogens is 1. The van der Waals surface area contributed by atoms with Crippen molar-refractivity contribution in [3.63, 3.8) is 0 Å². The highest BCUT2D eigenvalue weighted by molar-refractivity contribution is 7.13. The zero-order valence-corrected chi connectivity index (χ0v) is 13.2. The third kappa shape index (κ3) is 3.35. The van der Waals surface area contributed by atoms with Crippen molar-refractivity contribution >= 4 is 17.2 Å². The van der Waals surface area contributed by atoms with Crippen molar-refractivity contribution in [3.8, 4) is 10.4 Å². The summed E-state index contributed by atoms with van der Waals surface area (Å²) >= 11 is 1.63. The van der Waals surface area contributed by atoms with Crippen LogP contribution < -0.4 is 10.6 Å². The third-order valence-electron chi connectivity index (χ3n) is 3.85. The summed E-state index contributed by atoms with van der Waals surface area (Å²) in [6.45, 7) is 2.99. The molecule has 0 aliphatic carbocycles. The number of benzene rings is 1. The molecule has 1 amide bonds. The summed E-state index contributed by atoms with van der Waals surface area (Å²) in [7, 11) is 0. The first kappa shape index (κ1) is 15.1. The van der Waals surface area contributed by atoms with E-state index in [1.165, 1.54) is 4.88 Å². The number of hydrogen-bond donors (Lipinski definition) is 3. The molecular weight excluding hydrogens is 298 g/mol. The third-order valence-corrected chi connectivity index (χ3v) is 4.83. The maximum absolute atomic E-state index is 12.0. The van der Waals surface area contributed by atoms with Crippen LogP contribution in [-0.2, 0) is 11.3 Å². The van der Waals surface area contributed by atoms with Gasteiger partial charge in [-0.2, -0.15) is 0 Å². The number of aliphatic hydroxyl groups is 1. The molecule has 1 fully saturated rings. The number of aliphatic hydroxyl groups excluding tert-OH is 1. The molecule has 1 aromatic carbocycles. The number of nitrogens with zero attached hydrogens (tertiary/aromatic N) is 1. The Labute approximate surface area is 133 Å². The highest BCUT2D eigenvalue weighted by atomic mass is 32.1. The molecule has 1 aliphatic rings. The van der Waals surface area contributed by atoms with Crippen LogP contribution in [-0.4, -0.2) is 34.7 Å². The molecule has 1 aromatic heterocycles. The van der Waals surface area contributed by atoms with Gasteiger partial charge >= 0.3 is 0 Å². The van der Waals surface area contributed by atoms with E-state index in [0.717, 1.165) is 16.8 Å². The van der Waals surface area contributed by atoms with E-state index in [-0.39, 0.29) is 11.9 Å². The second-order valence-electron chi connectivity index (χ2n) is 5.53. The Hall–Kier alpha value is -1.76. The van der Waals surface area contributed by atoms with Gasteiger partial charge in [0.2, 0.25) is 5.91 Å². The highest BCUT2D eigenvalue weighted by Gasteiger charge is 2.27. The summed E-state index contributed by atoms with van der Waals surface area (Å²) in [6.07, 6.45) is 0.0628. The first-order valence-electron chi connectivity index (χ1n) is 7.32. The Bertz CT molecular complexity index is 654. The predicted molar refractivity (Wildman–Crippen MR) is 86.5 cm³/mol. The second-order valence-corrected chi connectivity index (χ2v) is 6.39. The quantitative estimate of drug-likeness (QED) is 0.798. The average Bonchev–Trinajstić information content (AvgIpc) is 3.14. The Kier molecular flexibility index (Phi) is 4.52. The second kappa shape index (κ2) is 6.56. The number of nitrogens with one attached hydrogen (secondary N) is 2. The summed E-state index contributed by atoms with van der Waals surface area (Å²) in [5, 5.41) is 15.3. The SMILES string of the molecule is Cc1ncsc1-c1ccc(CNC(=O)C2CC(O)CN2)cc1. The number of hydrogen-bond acceptors (Lipinski definition) is 5. The van der Waals surface area contributed by atoms with E-state index in [0.29, 0.717) is 19.5 Å². The molecule has 22 heavy (non-hydrogen) atoms. The van der Waals surface area contributed by atoms with E-state index < -0.39 is 6.10 Å². The molecule has 0 radical (unpaired) electrons. The van der Waals surface area contributed by atoms with Crippen LogP contribution in [0.15, 0.2) is 29.8 Å². The lowest BCUT2D eigenvalue weighted by Crippen LogP contribution is -2.39. The van der Waals surface area contributed by atoms with E-state index in [4.69, 9.17) is 0 Å². The molecule has 5 nitrogen and oxygen atoms in total. The zero-order valence-electron chi connectivity index (χ0n) is 12.4. The summed E-state index contributed by atoms with van der Waals surface area (Å²) in [5.41, 5.74) is 5.09. The Morgan fingerprint density at radius 2 is 2.23 bits per heavy atom. The van der Waals surface area contributed by atoms with Crippen LogP contribution >= 0.6 is 11.3 Å². The van der Waals surface area contributed by atoms with Gasteiger partial charge in [0.15, 0.2) is 0 Å². The van der Waals surface area contributed by atoms with Crippen molar-refractivity contribution in [1.82, 2.24) is 15.6 Å². The van der Waals surface area contributed by atoms with Crippen LogP contribution in [0, 0.1) is 6.92 Å². The number of rotatable bonds is 4. The molecule has 0 saturated carbocycles. The minimum Gasteiger partial charge on any atom is -0.392 e. The molecule has 0 bridgehead atoms. The van der Waals surface area contributed by atoms with Crippen LogP contribution in [0.25, 0.3) is 10.4 Å². The smallest absolute Gasteiger partial charge is 0.237 e. The molecule has 116 valence electrons. The normalized spacial score (nSPS) is 21.0. The molecule has 0 spiro atoms. The van der Waals surface area contributed by atoms with E-state index in [2.05, 4.69) is 27.8 Å². The number of thiazole rings is 1. The summed E-state index contributed by atoms with van der Waals surface area (Å²) in [4.78, 5) is 17.4. The largest absolute Gasteiger partial charge is 0.392 e. The fourth-order valence-corrected chi connectivity index (χ4v) is 3.39. The molecule has 2 heterocycles. The standard InChI is InChI=1S/C16H19N3O2S/c1-10-15(22-9-19-10)12-4-2-11(3-5-12)7-18-16(21)14-6-13(20)8-17-14/h2-5,9,13-14,17,20H,6-8H2,1H3,(H,18,21). The van der Waals surface area contributed by atoms with Gasteiger partial charge in [0, 0.05) is 13.1 Å². The zero-order chi connectivity index (χ0) is 15.5. The lowest BCUT2D eigenvalue weighted by Gasteiger charge is -2.11. The molecule has 6 heteroatoms. The molecule has 3 N–H and O–H groups in total. The topological polar surface area (TPSA) is 74.2 Å². The van der Waals surface area contributed by atoms with Gasteiger partial charge < -0.3 is 15.7 Å². The van der Waals surface area contributed by atoms with E-state index in [9.17, 15) is 9.90 Å². The van der Waals surface area contributed by atoms with Crippen molar-refractivity contribution in [2.45, 2.75) is 32.0 Å². The molecular formula is C16H19N3O2S. The number of β-amino-alcohol motifs (C(OH)–C–C–N with tert-alkyl or cyclic N) is 1. The van der Waals surface area contributed by atoms with Gasteiger partial charge in [-0.1, -0.05) is 24.3 Å². The lowest BCUT2D eigenvalue weighted by molar-refractivity contribution is -0.123. The number of amides is 1. The van der Waals surface area contributed by atoms with Gasteiger partial charge in [0.05, 0.1) is 28.2 Å². The monoisotopic (exact) mass is 317 g/mol. The van der Waals surface area contributed by atoms with Crippen LogP contribution in [0.3, 0.4) is 0 Å². The van der Waals surface area contributed by atoms with Gasteiger partial charge in [0.25, 0.3) is 0 Å². The maximum Gasteiger partial charge on any atom is 0.237 e. The maximum atomic E-state index is 12.0. The predicted octanol–water partition coefficient (Wildman–Crippen LogP) is 1.46. The Morgan fingerprint density at radius 3 is 2.82 bits per heavy atom. The van der Waals surface area contributed by atoms with Gasteiger partial charge in [-0.25, -0.2) is 4.98 Å². The minimum atomic E-state index is -0.419. The lowest BCUT2D eigenvalue weighted by atomic mass is 10.1. The molecule has 2 aromatic rings. The van der Waals surface area contributed by atoms with Crippen molar-refractivity contribution < 1.29 is 9.90 Å². The fraction of sp³-hybridized carbons (Fsp3) is 0.375. The Balaban J connectivity index is 1.57. The average molecular weight is 317 g/mol. The molecule has 2 atom stereocenters. The molecule has 2 unspecified atom stereocenters. The number of aryl methyl sites for hydroxylation is 1. The number of carbonyl (C=O) groups is 1. The summed E-state index contributed by atoms with van der Waals surface area (Å²) in [5.74, 6) is -0.0565. The first-order valence-corrected chi connectivity index (χ1v) is 8.20. The Morgan fingerprint density at radius 1 is 1.45 bits per heavy atom. The van der Waals surface area contributed by atoms with Gasteiger partial charge in [-0.05, 0) is 24.5 Å². The van der Waals surface area contributed by atoms with Crippen molar-refractivity contribution in [2.24, 2.45) is 0 Å². The number of carbonyl (C=O) groups excluding carboxylic acids is 1. The van der Waals surface area contributed by atoms with Crippen molar-refractivity contribution in [3.05, 3.63) is 41.0 Å². The van der Waals surface area contributed by atoms with Gasteiger partial charge in [0.1, 0.15) is 0 Å². The van der Waals surface area contributed by atoms with Gasteiger partial charge in [-0.3, -0.25) is 4.79 Å². The molecule has 1 saturated heterocycles. The van der Waals surface area contributed by atoms with Crippen LogP contribution in [0.5, 0.6) is 0 Å². The summed E-state index contributed by atoms with van der Waals surface area (Å²) in [6, 6.07) is 7.87. The minimum absolute atomic E-state index is 0.0565. The highest BCUT2D eigenvalue weighted by Crippen LogP contribution is 2.27. The van der Waals surface area contributed by atoms with E-state index in [1.54, 1.807) is 11.3 Å². The fourth-order valence-electron chi connectivity index (χ4n) is 2.58. The molecule has 3 rings (SSSR count). The first-order chi connectivity index (χ1) is 10.6. The van der Waals surface area contributed by atoms with Crippen LogP contribution in [0.2, 0.25) is 0 Å². The van der Waals surface area contributed by atoms with Crippen LogP contribution in [0.4, 0.5) is 0 Å².